The van der Waals surface area contributed by atoms with E-state index in [-0.39, 0.29) is 0 Å². The van der Waals surface area contributed by atoms with Gasteiger partial charge in [-0.2, -0.15) is 0 Å². The summed E-state index contributed by atoms with van der Waals surface area (Å²) >= 11 is 0. The van der Waals surface area contributed by atoms with Crippen LogP contribution in [0.4, 0.5) is 0 Å². The van der Waals surface area contributed by atoms with Gasteiger partial charge in [0.25, 0.3) is 0 Å². The van der Waals surface area contributed by atoms with E-state index in [1.165, 1.54) is 25.7 Å². The molecule has 0 saturated carbocycles. The van der Waals surface area contributed by atoms with Crippen LogP contribution in [-0.2, 0) is 19.2 Å². The number of rotatable bonds is 4. The minimum absolute atomic E-state index is 0.972. The van der Waals surface area contributed by atoms with Gasteiger partial charge in [0.1, 0.15) is 0 Å². The number of aliphatic carboxylic acids is 4. The lowest BCUT2D eigenvalue weighted by atomic mass is 10.5. The molecule has 200 valence electrons. The monoisotopic (exact) mass is 476 g/mol. The van der Waals surface area contributed by atoms with Crippen LogP contribution in [0.1, 0.15) is 81.1 Å². The first-order chi connectivity index (χ1) is 14.6. The number of hydrogen-bond donors (Lipinski definition) is 4. The van der Waals surface area contributed by atoms with Crippen molar-refractivity contribution in [2.45, 2.75) is 81.1 Å². The summed E-state index contributed by atoms with van der Waals surface area (Å²) in [7, 11) is 0. The fourth-order valence-electron chi connectivity index (χ4n) is 0. The normalized spacial score (nSPS) is 6.88. The van der Waals surface area contributed by atoms with Gasteiger partial charge in [-0.3, -0.25) is 0 Å². The predicted molar refractivity (Wildman–Crippen MR) is 115 cm³/mol. The van der Waals surface area contributed by atoms with Gasteiger partial charge in [-0.05, 0) is 53.4 Å². The molecule has 32 heavy (non-hydrogen) atoms. The Morgan fingerprint density at radius 3 is 0.469 bits per heavy atom. The summed E-state index contributed by atoms with van der Waals surface area (Å²) in [6, 6.07) is 0. The fourth-order valence-corrected chi connectivity index (χ4v) is 0. The summed E-state index contributed by atoms with van der Waals surface area (Å²) in [6.07, 6.45) is 4.83. The first-order valence-electron chi connectivity index (χ1n) is 10.5. The van der Waals surface area contributed by atoms with Crippen molar-refractivity contribution in [2.24, 2.45) is 0 Å². The molecule has 12 nitrogen and oxygen atoms in total. The van der Waals surface area contributed by atoms with Crippen LogP contribution in [0.25, 0.3) is 0 Å². The topological polar surface area (TPSA) is 271 Å². The molecule has 0 atom stereocenters. The van der Waals surface area contributed by atoms with Crippen LogP contribution < -0.4 is 43.4 Å². The van der Waals surface area contributed by atoms with Gasteiger partial charge in [0.2, 0.25) is 0 Å². The van der Waals surface area contributed by atoms with Crippen molar-refractivity contribution in [1.29, 1.82) is 0 Å². The second-order valence-corrected chi connectivity index (χ2v) is 5.38. The molecule has 0 rings (SSSR count). The number of hydrogen-bond acceptors (Lipinski definition) is 8. The van der Waals surface area contributed by atoms with E-state index in [0.29, 0.717) is 0 Å². The average Bonchev–Trinajstić information content (AvgIpc) is 2.66. The molecule has 12 heteroatoms. The molecule has 0 fully saturated rings. The highest BCUT2D eigenvalue weighted by molar-refractivity contribution is 5.61. The van der Waals surface area contributed by atoms with Gasteiger partial charge >= 0.3 is 0 Å². The average molecular weight is 477 g/mol. The minimum Gasteiger partial charge on any atom is -0.550 e. The Balaban J connectivity index is -0.0000000343. The first-order valence-corrected chi connectivity index (χ1v) is 10.5. The van der Waals surface area contributed by atoms with Crippen LogP contribution in [0.15, 0.2) is 0 Å². The highest BCUT2D eigenvalue weighted by Gasteiger charge is 1.61. The SMILES string of the molecule is CC(=O)[O-].CC(=O)[O-].CC(=O)[O-].CC(=O)[O-].CCC[NH3+].CCC[NH3+].CCC[NH3+].CCC[NH3+]. The van der Waals surface area contributed by atoms with Crippen molar-refractivity contribution in [2.75, 3.05) is 26.2 Å². The van der Waals surface area contributed by atoms with Gasteiger partial charge in [0.15, 0.2) is 0 Å². The van der Waals surface area contributed by atoms with Crippen molar-refractivity contribution < 1.29 is 62.5 Å². The fraction of sp³-hybridized carbons (Fsp3) is 0.800. The van der Waals surface area contributed by atoms with Gasteiger partial charge in [-0.1, -0.05) is 27.7 Å². The molecule has 0 heterocycles. The van der Waals surface area contributed by atoms with Gasteiger partial charge in [0, 0.05) is 23.9 Å². The molecule has 0 saturated heterocycles. The Morgan fingerprint density at radius 1 is 0.438 bits per heavy atom. The number of quaternary nitrogens is 4. The Kier molecular flexibility index (Phi) is 114. The zero-order valence-corrected chi connectivity index (χ0v) is 21.8. The van der Waals surface area contributed by atoms with E-state index in [0.717, 1.165) is 53.9 Å². The molecule has 0 aliphatic heterocycles. The Morgan fingerprint density at radius 2 is 0.469 bits per heavy atom. The third-order valence-corrected chi connectivity index (χ3v) is 1.41. The Bertz CT molecular complexity index is 258. The summed E-state index contributed by atoms with van der Waals surface area (Å²) in [5, 5.41) is 35.6. The molecule has 0 aliphatic carbocycles. The number of carbonyl (C=O) groups excluding carboxylic acids is 4. The smallest absolute Gasteiger partial charge is 0.0737 e. The van der Waals surface area contributed by atoms with Crippen molar-refractivity contribution >= 4 is 23.9 Å². The van der Waals surface area contributed by atoms with Crippen LogP contribution >= 0.6 is 0 Å². The lowest BCUT2D eigenvalue weighted by Crippen LogP contribution is -2.49. The molecular weight excluding hydrogens is 424 g/mol. The summed E-state index contributed by atoms with van der Waals surface area (Å²) in [5.74, 6) is -4.33. The quantitative estimate of drug-likeness (QED) is 0.302. The zero-order valence-electron chi connectivity index (χ0n) is 21.8. The van der Waals surface area contributed by atoms with Crippen LogP contribution in [0, 0.1) is 0 Å². The van der Waals surface area contributed by atoms with E-state index in [4.69, 9.17) is 39.6 Å². The highest BCUT2D eigenvalue weighted by Crippen LogP contribution is 1.56. The van der Waals surface area contributed by atoms with Crippen molar-refractivity contribution in [3.05, 3.63) is 0 Å². The molecule has 0 aliphatic rings. The van der Waals surface area contributed by atoms with E-state index in [1.54, 1.807) is 0 Å². The van der Waals surface area contributed by atoms with Crippen LogP contribution in [0.2, 0.25) is 0 Å². The van der Waals surface area contributed by atoms with Crippen molar-refractivity contribution in [3.8, 4) is 0 Å². The van der Waals surface area contributed by atoms with Gasteiger partial charge in [-0.15, -0.1) is 0 Å². The van der Waals surface area contributed by atoms with Crippen LogP contribution in [0.3, 0.4) is 0 Å². The molecule has 0 amide bonds. The van der Waals surface area contributed by atoms with E-state index in [2.05, 4.69) is 50.6 Å². The third-order valence-electron chi connectivity index (χ3n) is 1.41. The molecule has 0 aromatic carbocycles. The maximum absolute atomic E-state index is 8.89. The molecule has 0 spiro atoms. The molecule has 0 unspecified atom stereocenters. The highest BCUT2D eigenvalue weighted by atomic mass is 16.4. The summed E-state index contributed by atoms with van der Waals surface area (Å²) < 4.78 is 0. The van der Waals surface area contributed by atoms with Gasteiger partial charge in [-0.25, -0.2) is 0 Å². The summed E-state index contributed by atoms with van der Waals surface area (Å²) in [6.45, 7) is 16.6. The molecule has 12 N–H and O–H groups in total. The van der Waals surface area contributed by atoms with E-state index >= 15 is 0 Å². The molecular formula is C20H52N4O8. The molecule has 0 bridgehead atoms. The number of carboxylic acid groups (broad SMARTS) is 4. The lowest BCUT2D eigenvalue weighted by molar-refractivity contribution is -0.367. The number of carbonyl (C=O) groups is 4. The first kappa shape index (κ1) is 52.0. The largest absolute Gasteiger partial charge is 0.550 e. The van der Waals surface area contributed by atoms with E-state index < -0.39 is 23.9 Å². The summed E-state index contributed by atoms with van der Waals surface area (Å²) in [4.78, 5) is 35.6. The maximum atomic E-state index is 8.89. The van der Waals surface area contributed by atoms with Crippen LogP contribution in [-0.4, -0.2) is 50.1 Å². The standard InChI is InChI=1S/4C3H9N.4C2H4O2/c4*1-2-3-4;4*1-2(3)4/h4*2-4H2,1H3;4*1H3,(H,3,4). The second-order valence-electron chi connectivity index (χ2n) is 5.38. The maximum Gasteiger partial charge on any atom is 0.0737 e. The molecule has 0 aromatic rings. The Labute approximate surface area is 194 Å². The van der Waals surface area contributed by atoms with Gasteiger partial charge in [0.05, 0.1) is 26.2 Å². The minimum atomic E-state index is -1.08. The van der Waals surface area contributed by atoms with Crippen LogP contribution in [0.5, 0.6) is 0 Å². The Hall–Kier alpha value is -2.28. The number of carboxylic acids is 4. The van der Waals surface area contributed by atoms with Crippen molar-refractivity contribution in [3.63, 3.8) is 0 Å². The zero-order chi connectivity index (χ0) is 28.0. The lowest BCUT2D eigenvalue weighted by Gasteiger charge is -1.77. The second kappa shape index (κ2) is 70.3. The molecule has 0 radical (unpaired) electrons. The van der Waals surface area contributed by atoms with Gasteiger partial charge < -0.3 is 62.5 Å². The molecule has 0 aromatic heterocycles. The van der Waals surface area contributed by atoms with E-state index in [9.17, 15) is 0 Å². The summed E-state index contributed by atoms with van der Waals surface area (Å²) in [5.41, 5.74) is 14.4. The van der Waals surface area contributed by atoms with E-state index in [1.807, 2.05) is 0 Å². The third kappa shape index (κ3) is 6690. The van der Waals surface area contributed by atoms with Crippen molar-refractivity contribution in [1.82, 2.24) is 0 Å². The predicted octanol–water partition coefficient (Wildman–Crippen LogP) is -6.42.